The van der Waals surface area contributed by atoms with Gasteiger partial charge in [-0.15, -0.1) is 0 Å². The maximum Gasteiger partial charge on any atom is 0.0466 e. The molecule has 0 bridgehead atoms. The fourth-order valence-electron chi connectivity index (χ4n) is 1.19. The summed E-state index contributed by atoms with van der Waals surface area (Å²) in [7, 11) is 0. The number of rotatable bonds is 5. The molecule has 3 heteroatoms. The Morgan fingerprint density at radius 2 is 1.18 bits per heavy atom. The molecule has 0 aromatic rings. The predicted molar refractivity (Wildman–Crippen MR) is 43.1 cm³/mol. The lowest BCUT2D eigenvalue weighted by Gasteiger charge is -2.24. The van der Waals surface area contributed by atoms with Gasteiger partial charge in [0.2, 0.25) is 0 Å². The first-order chi connectivity index (χ1) is 5.17. The van der Waals surface area contributed by atoms with Crippen molar-refractivity contribution in [2.75, 3.05) is 19.8 Å². The maximum absolute atomic E-state index is 8.91. The Morgan fingerprint density at radius 3 is 1.36 bits per heavy atom. The van der Waals surface area contributed by atoms with Gasteiger partial charge in [-0.05, 0) is 17.8 Å². The zero-order chi connectivity index (χ0) is 8.85. The average molecular weight is 162 g/mol. The van der Waals surface area contributed by atoms with E-state index in [4.69, 9.17) is 15.3 Å². The first-order valence-corrected chi connectivity index (χ1v) is 3.99. The van der Waals surface area contributed by atoms with Crippen LogP contribution in [-0.4, -0.2) is 35.1 Å². The van der Waals surface area contributed by atoms with Gasteiger partial charge in [-0.25, -0.2) is 0 Å². The highest BCUT2D eigenvalue weighted by Crippen LogP contribution is 2.19. The van der Waals surface area contributed by atoms with Crippen molar-refractivity contribution in [3.63, 3.8) is 0 Å². The Balaban J connectivity index is 3.92. The van der Waals surface area contributed by atoms with Gasteiger partial charge in [0.25, 0.3) is 0 Å². The van der Waals surface area contributed by atoms with Gasteiger partial charge in [0.05, 0.1) is 0 Å². The van der Waals surface area contributed by atoms with Crippen molar-refractivity contribution in [3.8, 4) is 0 Å². The molecule has 0 aliphatic carbocycles. The van der Waals surface area contributed by atoms with Crippen molar-refractivity contribution in [3.05, 3.63) is 0 Å². The van der Waals surface area contributed by atoms with Gasteiger partial charge >= 0.3 is 0 Å². The van der Waals surface area contributed by atoms with E-state index in [0.717, 1.165) is 0 Å². The summed E-state index contributed by atoms with van der Waals surface area (Å²) in [5.41, 5.74) is 0. The molecule has 68 valence electrons. The number of aliphatic hydroxyl groups is 3. The van der Waals surface area contributed by atoms with Crippen LogP contribution in [0.15, 0.2) is 0 Å². The Morgan fingerprint density at radius 1 is 0.818 bits per heavy atom. The molecule has 0 rings (SSSR count). The molecule has 0 aromatic heterocycles. The van der Waals surface area contributed by atoms with Gasteiger partial charge in [0, 0.05) is 19.8 Å². The van der Waals surface area contributed by atoms with Gasteiger partial charge < -0.3 is 15.3 Å². The summed E-state index contributed by atoms with van der Waals surface area (Å²) in [5.74, 6) is 0.120. The van der Waals surface area contributed by atoms with Crippen LogP contribution in [0.1, 0.15) is 13.8 Å². The van der Waals surface area contributed by atoms with Crippen LogP contribution in [0.3, 0.4) is 0 Å². The molecule has 11 heavy (non-hydrogen) atoms. The van der Waals surface area contributed by atoms with E-state index in [1.54, 1.807) is 0 Å². The van der Waals surface area contributed by atoms with Crippen LogP contribution in [0.4, 0.5) is 0 Å². The number of hydrogen-bond donors (Lipinski definition) is 3. The zero-order valence-electron chi connectivity index (χ0n) is 7.20. The number of hydrogen-bond acceptors (Lipinski definition) is 3. The van der Waals surface area contributed by atoms with Crippen LogP contribution in [0.25, 0.3) is 0 Å². The van der Waals surface area contributed by atoms with Crippen molar-refractivity contribution in [2.24, 2.45) is 17.8 Å². The second-order valence-corrected chi connectivity index (χ2v) is 3.17. The smallest absolute Gasteiger partial charge is 0.0466 e. The van der Waals surface area contributed by atoms with E-state index in [0.29, 0.717) is 0 Å². The molecule has 0 aliphatic heterocycles. The van der Waals surface area contributed by atoms with E-state index < -0.39 is 0 Å². The van der Waals surface area contributed by atoms with Gasteiger partial charge in [0.15, 0.2) is 0 Å². The third-order valence-corrected chi connectivity index (χ3v) is 2.25. The zero-order valence-corrected chi connectivity index (χ0v) is 7.20. The first-order valence-electron chi connectivity index (χ1n) is 3.99. The van der Waals surface area contributed by atoms with E-state index in [9.17, 15) is 0 Å². The van der Waals surface area contributed by atoms with Gasteiger partial charge in [0.1, 0.15) is 0 Å². The lowest BCUT2D eigenvalue weighted by molar-refractivity contribution is 0.0674. The maximum atomic E-state index is 8.91. The highest BCUT2D eigenvalue weighted by atomic mass is 16.3. The molecule has 0 aliphatic rings. The van der Waals surface area contributed by atoms with E-state index in [1.807, 2.05) is 13.8 Å². The van der Waals surface area contributed by atoms with E-state index in [2.05, 4.69) is 0 Å². The summed E-state index contributed by atoms with van der Waals surface area (Å²) >= 11 is 0. The lowest BCUT2D eigenvalue weighted by Crippen LogP contribution is -2.27. The minimum absolute atomic E-state index is 0.00463. The highest BCUT2D eigenvalue weighted by molar-refractivity contribution is 4.70. The van der Waals surface area contributed by atoms with Crippen LogP contribution < -0.4 is 0 Å². The fourth-order valence-corrected chi connectivity index (χ4v) is 1.19. The second kappa shape index (κ2) is 5.52. The quantitative estimate of drug-likeness (QED) is 0.527. The third kappa shape index (κ3) is 3.18. The highest BCUT2D eigenvalue weighted by Gasteiger charge is 2.21. The standard InChI is InChI=1S/C8H18O3/c1-6(3-9)8(5-11)7(2)4-10/h6-11H,3-5H2,1-2H3. The molecular formula is C8H18O3. The van der Waals surface area contributed by atoms with Crippen molar-refractivity contribution >= 4 is 0 Å². The van der Waals surface area contributed by atoms with Crippen molar-refractivity contribution in [1.82, 2.24) is 0 Å². The van der Waals surface area contributed by atoms with Crippen molar-refractivity contribution in [1.29, 1.82) is 0 Å². The minimum atomic E-state index is 0.00463. The van der Waals surface area contributed by atoms with Crippen LogP contribution >= 0.6 is 0 Å². The topological polar surface area (TPSA) is 60.7 Å². The SMILES string of the molecule is CC(CO)C(CO)C(C)CO. The molecule has 0 heterocycles. The van der Waals surface area contributed by atoms with E-state index in [1.165, 1.54) is 0 Å². The summed E-state index contributed by atoms with van der Waals surface area (Å²) in [4.78, 5) is 0. The molecule has 2 unspecified atom stereocenters. The normalized spacial score (nSPS) is 19.4. The molecule has 0 aromatic carbocycles. The van der Waals surface area contributed by atoms with E-state index >= 15 is 0 Å². The average Bonchev–Trinajstić information content (AvgIpc) is 2.05. The summed E-state index contributed by atoms with van der Waals surface area (Å²) in [5, 5.41) is 26.5. The monoisotopic (exact) mass is 162 g/mol. The molecule has 2 atom stereocenters. The molecule has 0 fully saturated rings. The largest absolute Gasteiger partial charge is 0.396 e. The summed E-state index contributed by atoms with van der Waals surface area (Å²) in [6, 6.07) is 0. The van der Waals surface area contributed by atoms with Gasteiger partial charge in [-0.2, -0.15) is 0 Å². The fraction of sp³-hybridized carbons (Fsp3) is 1.00. The molecule has 3 N–H and O–H groups in total. The molecule has 0 saturated heterocycles. The Hall–Kier alpha value is -0.120. The van der Waals surface area contributed by atoms with Crippen molar-refractivity contribution < 1.29 is 15.3 Å². The van der Waals surface area contributed by atoms with Crippen LogP contribution in [0, 0.1) is 17.8 Å². The predicted octanol–water partition coefficient (Wildman–Crippen LogP) is -0.148. The van der Waals surface area contributed by atoms with E-state index in [-0.39, 0.29) is 37.6 Å². The third-order valence-electron chi connectivity index (χ3n) is 2.25. The molecule has 0 saturated carbocycles. The summed E-state index contributed by atoms with van der Waals surface area (Å²) < 4.78 is 0. The first kappa shape index (κ1) is 10.9. The van der Waals surface area contributed by atoms with Gasteiger partial charge in [-0.1, -0.05) is 13.8 Å². The molecule has 3 nitrogen and oxygen atoms in total. The number of aliphatic hydroxyl groups excluding tert-OH is 3. The van der Waals surface area contributed by atoms with Crippen LogP contribution in [0.5, 0.6) is 0 Å². The molecular weight excluding hydrogens is 144 g/mol. The molecule has 0 spiro atoms. The Labute approximate surface area is 67.7 Å². The minimum Gasteiger partial charge on any atom is -0.396 e. The van der Waals surface area contributed by atoms with Crippen LogP contribution in [-0.2, 0) is 0 Å². The van der Waals surface area contributed by atoms with Crippen molar-refractivity contribution in [2.45, 2.75) is 13.8 Å². The Bertz CT molecular complexity index is 85.3. The molecule has 0 amide bonds. The lowest BCUT2D eigenvalue weighted by atomic mass is 9.85. The van der Waals surface area contributed by atoms with Crippen LogP contribution in [0.2, 0.25) is 0 Å². The second-order valence-electron chi connectivity index (χ2n) is 3.17. The summed E-state index contributed by atoms with van der Waals surface area (Å²) in [6.07, 6.45) is 0. The van der Waals surface area contributed by atoms with Gasteiger partial charge in [-0.3, -0.25) is 0 Å². The summed E-state index contributed by atoms with van der Waals surface area (Å²) in [6.45, 7) is 3.90. The molecule has 0 radical (unpaired) electrons. The Kier molecular flexibility index (Phi) is 5.46.